The van der Waals surface area contributed by atoms with Gasteiger partial charge in [-0.3, -0.25) is 0 Å². The van der Waals surface area contributed by atoms with E-state index in [1.165, 1.54) is 11.3 Å². The molecule has 0 bridgehead atoms. The van der Waals surface area contributed by atoms with Crippen molar-refractivity contribution < 1.29 is 0 Å². The second kappa shape index (κ2) is 2.86. The molecule has 3 nitrogen and oxygen atoms in total. The van der Waals surface area contributed by atoms with E-state index in [0.29, 0.717) is 10.5 Å². The van der Waals surface area contributed by atoms with Crippen LogP contribution in [0.3, 0.4) is 0 Å². The van der Waals surface area contributed by atoms with Crippen LogP contribution in [0.5, 0.6) is 0 Å². The molecule has 0 amide bonds. The van der Waals surface area contributed by atoms with Gasteiger partial charge in [0.1, 0.15) is 0 Å². The molecule has 0 aliphatic heterocycles. The summed E-state index contributed by atoms with van der Waals surface area (Å²) >= 11 is 5.28. The molecule has 1 N–H and O–H groups in total. The molecule has 0 radical (unpaired) electrons. The lowest BCUT2D eigenvalue weighted by Crippen LogP contribution is -2.27. The highest BCUT2D eigenvalue weighted by Gasteiger charge is 2.63. The van der Waals surface area contributed by atoms with Crippen LogP contribution in [0.2, 0.25) is 0 Å². The average Bonchev–Trinajstić information content (AvgIpc) is 2.62. The number of aryl methyl sites for hydroxylation is 1. The van der Waals surface area contributed by atoms with Gasteiger partial charge in [-0.2, -0.15) is 5.10 Å². The molecule has 1 aromatic rings. The first-order valence-corrected chi connectivity index (χ1v) is 6.19. The summed E-state index contributed by atoms with van der Waals surface area (Å²) in [6.07, 6.45) is 1.13. The lowest BCUT2D eigenvalue weighted by atomic mass is 9.98. The Morgan fingerprint density at radius 2 is 2.25 bits per heavy atom. The molecule has 1 saturated carbocycles. The molecule has 1 aromatic heterocycles. The van der Waals surface area contributed by atoms with Crippen molar-refractivity contribution in [2.75, 3.05) is 7.05 Å². The van der Waals surface area contributed by atoms with Crippen molar-refractivity contribution in [3.63, 3.8) is 0 Å². The van der Waals surface area contributed by atoms with Crippen molar-refractivity contribution in [1.29, 1.82) is 0 Å². The number of hydrogen-bond donors (Lipinski definition) is 1. The van der Waals surface area contributed by atoms with Crippen LogP contribution in [-0.2, 0) is 6.42 Å². The maximum Gasteiger partial charge on any atom is 0.193 e. The first-order valence-electron chi connectivity index (χ1n) is 5.79. The van der Waals surface area contributed by atoms with Gasteiger partial charge in [-0.05, 0) is 42.8 Å². The number of aromatic nitrogens is 2. The van der Waals surface area contributed by atoms with Crippen LogP contribution in [0.1, 0.15) is 36.7 Å². The van der Waals surface area contributed by atoms with Crippen LogP contribution in [0.4, 0.5) is 0 Å². The van der Waals surface area contributed by atoms with E-state index in [-0.39, 0.29) is 0 Å². The molecule has 1 heterocycles. The Morgan fingerprint density at radius 1 is 1.56 bits per heavy atom. The Balaban J connectivity index is 2.08. The standard InChI is InChI=1S/C12H17N3S/c1-6-9-8(15(14-6)11(16)13-4)5-7-10(9)12(7,2)3/h7,10H,5H2,1-4H3,(H,13,16). The summed E-state index contributed by atoms with van der Waals surface area (Å²) < 4.78 is 1.92. The molecule has 2 aliphatic carbocycles. The van der Waals surface area contributed by atoms with Gasteiger partial charge in [0.05, 0.1) is 11.4 Å². The third-order valence-corrected chi connectivity index (χ3v) is 4.76. The zero-order chi connectivity index (χ0) is 11.7. The van der Waals surface area contributed by atoms with Crippen molar-refractivity contribution in [2.45, 2.75) is 33.1 Å². The summed E-state index contributed by atoms with van der Waals surface area (Å²) in [5.41, 5.74) is 4.44. The second-order valence-corrected chi connectivity index (χ2v) is 5.91. The van der Waals surface area contributed by atoms with E-state index < -0.39 is 0 Å². The lowest BCUT2D eigenvalue weighted by Gasteiger charge is -2.11. The lowest BCUT2D eigenvalue weighted by molar-refractivity contribution is 0.534. The fraction of sp³-hybridized carbons (Fsp3) is 0.667. The topological polar surface area (TPSA) is 29.9 Å². The summed E-state index contributed by atoms with van der Waals surface area (Å²) in [4.78, 5) is 0. The van der Waals surface area contributed by atoms with E-state index in [1.54, 1.807) is 0 Å². The van der Waals surface area contributed by atoms with Crippen LogP contribution in [-0.4, -0.2) is 21.9 Å². The van der Waals surface area contributed by atoms with E-state index in [4.69, 9.17) is 12.2 Å². The SMILES string of the molecule is CNC(=S)n1nc(C)c2c1CC1C2C1(C)C. The molecule has 3 rings (SSSR count). The number of fused-ring (bicyclic) bond motifs is 3. The molecule has 86 valence electrons. The highest BCUT2D eigenvalue weighted by Crippen LogP contribution is 2.70. The second-order valence-electron chi connectivity index (χ2n) is 5.52. The van der Waals surface area contributed by atoms with Crippen LogP contribution in [0, 0.1) is 18.3 Å². The van der Waals surface area contributed by atoms with E-state index in [0.717, 1.165) is 24.0 Å². The maximum absolute atomic E-state index is 5.28. The van der Waals surface area contributed by atoms with Gasteiger partial charge in [0.25, 0.3) is 0 Å². The molecule has 0 spiro atoms. The largest absolute Gasteiger partial charge is 0.364 e. The van der Waals surface area contributed by atoms with Gasteiger partial charge < -0.3 is 5.32 Å². The predicted molar refractivity (Wildman–Crippen MR) is 67.7 cm³/mol. The number of hydrogen-bond acceptors (Lipinski definition) is 2. The van der Waals surface area contributed by atoms with Gasteiger partial charge in [-0.1, -0.05) is 13.8 Å². The van der Waals surface area contributed by atoms with E-state index in [2.05, 4.69) is 31.2 Å². The van der Waals surface area contributed by atoms with E-state index in [1.807, 2.05) is 11.7 Å². The number of thiocarbonyl (C=S) groups is 1. The number of rotatable bonds is 0. The summed E-state index contributed by atoms with van der Waals surface area (Å²) in [7, 11) is 1.85. The zero-order valence-electron chi connectivity index (χ0n) is 10.2. The van der Waals surface area contributed by atoms with E-state index >= 15 is 0 Å². The van der Waals surface area contributed by atoms with Crippen molar-refractivity contribution in [3.8, 4) is 0 Å². The van der Waals surface area contributed by atoms with Gasteiger partial charge in [-0.25, -0.2) is 4.68 Å². The molecule has 16 heavy (non-hydrogen) atoms. The molecule has 0 aromatic carbocycles. The minimum Gasteiger partial charge on any atom is -0.364 e. The Labute approximate surface area is 101 Å². The van der Waals surface area contributed by atoms with Gasteiger partial charge in [0.2, 0.25) is 0 Å². The third-order valence-electron chi connectivity index (χ3n) is 4.39. The summed E-state index contributed by atoms with van der Waals surface area (Å²) in [6.45, 7) is 6.82. The summed E-state index contributed by atoms with van der Waals surface area (Å²) in [6, 6.07) is 0. The number of nitrogens with one attached hydrogen (secondary N) is 1. The Hall–Kier alpha value is -0.900. The molecule has 4 heteroatoms. The third kappa shape index (κ3) is 1.03. The molecule has 2 aliphatic rings. The van der Waals surface area contributed by atoms with Crippen LogP contribution < -0.4 is 5.32 Å². The average molecular weight is 235 g/mol. The van der Waals surface area contributed by atoms with Gasteiger partial charge in [0.15, 0.2) is 5.11 Å². The minimum atomic E-state index is 0.479. The van der Waals surface area contributed by atoms with Crippen molar-refractivity contribution in [3.05, 3.63) is 17.0 Å². The van der Waals surface area contributed by atoms with Crippen molar-refractivity contribution in [2.24, 2.45) is 11.3 Å². The molecule has 2 atom stereocenters. The van der Waals surface area contributed by atoms with Gasteiger partial charge >= 0.3 is 0 Å². The Morgan fingerprint density at radius 3 is 2.88 bits per heavy atom. The Kier molecular flexibility index (Phi) is 1.83. The minimum absolute atomic E-state index is 0.479. The monoisotopic (exact) mass is 235 g/mol. The maximum atomic E-state index is 5.28. The number of nitrogens with zero attached hydrogens (tertiary/aromatic N) is 2. The first kappa shape index (κ1) is 10.3. The Bertz CT molecular complexity index is 487. The molecule has 1 fully saturated rings. The van der Waals surface area contributed by atoms with Crippen LogP contribution in [0.15, 0.2) is 0 Å². The summed E-state index contributed by atoms with van der Waals surface area (Å²) in [5, 5.41) is 8.28. The molecule has 0 saturated heterocycles. The quantitative estimate of drug-likeness (QED) is 0.696. The highest BCUT2D eigenvalue weighted by atomic mass is 32.1. The molecular weight excluding hydrogens is 218 g/mol. The predicted octanol–water partition coefficient (Wildman–Crippen LogP) is 1.84. The van der Waals surface area contributed by atoms with Crippen LogP contribution >= 0.6 is 12.2 Å². The first-order chi connectivity index (χ1) is 7.48. The molecule has 2 unspecified atom stereocenters. The van der Waals surface area contributed by atoms with Crippen molar-refractivity contribution >= 4 is 17.3 Å². The zero-order valence-corrected chi connectivity index (χ0v) is 11.0. The van der Waals surface area contributed by atoms with Gasteiger partial charge in [0, 0.05) is 12.6 Å². The summed E-state index contributed by atoms with van der Waals surface area (Å²) in [5.74, 6) is 1.53. The highest BCUT2D eigenvalue weighted by molar-refractivity contribution is 7.80. The normalized spacial score (nSPS) is 28.5. The van der Waals surface area contributed by atoms with Crippen LogP contribution in [0.25, 0.3) is 0 Å². The molecular formula is C12H17N3S. The van der Waals surface area contributed by atoms with Gasteiger partial charge in [-0.15, -0.1) is 0 Å². The van der Waals surface area contributed by atoms with Crippen molar-refractivity contribution in [1.82, 2.24) is 15.1 Å². The fourth-order valence-corrected chi connectivity index (χ4v) is 3.52. The van der Waals surface area contributed by atoms with E-state index in [9.17, 15) is 0 Å². The smallest absolute Gasteiger partial charge is 0.193 e. The fourth-order valence-electron chi connectivity index (χ4n) is 3.37.